The minimum Gasteiger partial charge on any atom is -0.428 e. The van der Waals surface area contributed by atoms with Gasteiger partial charge in [0.15, 0.2) is 0 Å². The van der Waals surface area contributed by atoms with Crippen LogP contribution in [0.25, 0.3) is 0 Å². The molecule has 0 radical (unpaired) electrons. The van der Waals surface area contributed by atoms with Gasteiger partial charge < -0.3 is 9.64 Å². The number of carbonyl (C=O) groups is 1. The molecule has 0 spiro atoms. The molecule has 3 aromatic rings. The van der Waals surface area contributed by atoms with Crippen LogP contribution >= 0.6 is 11.6 Å². The molecular weight excluding hydrogens is 346 g/mol. The Labute approximate surface area is 158 Å². The molecular formula is C22H20ClNO2. The van der Waals surface area contributed by atoms with Gasteiger partial charge in [0.25, 0.3) is 6.47 Å². The molecule has 0 saturated heterocycles. The zero-order valence-electron chi connectivity index (χ0n) is 14.3. The molecule has 0 aromatic heterocycles. The van der Waals surface area contributed by atoms with Crippen LogP contribution in [0.3, 0.4) is 0 Å². The van der Waals surface area contributed by atoms with Gasteiger partial charge in [0.2, 0.25) is 0 Å². The van der Waals surface area contributed by atoms with Crippen LogP contribution in [-0.4, -0.2) is 6.47 Å². The third kappa shape index (κ3) is 4.64. The van der Waals surface area contributed by atoms with E-state index in [2.05, 4.69) is 29.2 Å². The van der Waals surface area contributed by atoms with Crippen LogP contribution in [0.15, 0.2) is 78.9 Å². The Balaban J connectivity index is 1.92. The second-order valence-electron chi connectivity index (χ2n) is 5.97. The number of halogens is 1. The molecule has 0 unspecified atom stereocenters. The SMILES string of the molecule is O=COc1ccc(N(Cc2ccccc2)Cc2ccccc2)cc1CCl. The fourth-order valence-electron chi connectivity index (χ4n) is 2.88. The Morgan fingerprint density at radius 2 is 1.42 bits per heavy atom. The molecule has 26 heavy (non-hydrogen) atoms. The van der Waals surface area contributed by atoms with Crippen molar-refractivity contribution in [2.45, 2.75) is 19.0 Å². The van der Waals surface area contributed by atoms with Crippen molar-refractivity contribution < 1.29 is 9.53 Å². The van der Waals surface area contributed by atoms with Crippen molar-refractivity contribution in [3.05, 3.63) is 95.6 Å². The van der Waals surface area contributed by atoms with E-state index in [0.717, 1.165) is 24.3 Å². The molecule has 4 heteroatoms. The van der Waals surface area contributed by atoms with Gasteiger partial charge in [-0.2, -0.15) is 0 Å². The number of hydrogen-bond donors (Lipinski definition) is 0. The van der Waals surface area contributed by atoms with Crippen molar-refractivity contribution in [3.8, 4) is 5.75 Å². The molecule has 0 amide bonds. The molecule has 0 N–H and O–H groups in total. The number of hydrogen-bond acceptors (Lipinski definition) is 3. The summed E-state index contributed by atoms with van der Waals surface area (Å²) in [4.78, 5) is 13.0. The van der Waals surface area contributed by atoms with Crippen LogP contribution in [-0.2, 0) is 23.8 Å². The van der Waals surface area contributed by atoms with E-state index in [-0.39, 0.29) is 5.88 Å². The predicted octanol–water partition coefficient (Wildman–Crippen LogP) is 5.17. The summed E-state index contributed by atoms with van der Waals surface area (Å²) in [5, 5.41) is 0. The van der Waals surface area contributed by atoms with E-state index < -0.39 is 0 Å². The van der Waals surface area contributed by atoms with E-state index in [9.17, 15) is 4.79 Å². The van der Waals surface area contributed by atoms with Gasteiger partial charge in [-0.3, -0.25) is 4.79 Å². The average molecular weight is 366 g/mol. The molecule has 3 aromatic carbocycles. The Morgan fingerprint density at radius 3 is 1.92 bits per heavy atom. The van der Waals surface area contributed by atoms with E-state index in [1.165, 1.54) is 11.1 Å². The second-order valence-corrected chi connectivity index (χ2v) is 6.23. The van der Waals surface area contributed by atoms with Crippen LogP contribution in [0.2, 0.25) is 0 Å². The minimum atomic E-state index is 0.279. The first-order valence-electron chi connectivity index (χ1n) is 8.42. The first-order valence-corrected chi connectivity index (χ1v) is 8.95. The van der Waals surface area contributed by atoms with Crippen molar-refractivity contribution in [2.75, 3.05) is 4.90 Å². The second kappa shape index (κ2) is 9.07. The van der Waals surface area contributed by atoms with Gasteiger partial charge in [0, 0.05) is 24.3 Å². The first kappa shape index (κ1) is 18.0. The van der Waals surface area contributed by atoms with Crippen molar-refractivity contribution in [3.63, 3.8) is 0 Å². The van der Waals surface area contributed by atoms with E-state index in [1.807, 2.05) is 48.5 Å². The Morgan fingerprint density at radius 1 is 0.846 bits per heavy atom. The number of ether oxygens (including phenoxy) is 1. The summed E-state index contributed by atoms with van der Waals surface area (Å²) >= 11 is 6.05. The maximum Gasteiger partial charge on any atom is 0.298 e. The number of nitrogens with zero attached hydrogens (tertiary/aromatic N) is 1. The average Bonchev–Trinajstić information content (AvgIpc) is 2.69. The number of alkyl halides is 1. The zero-order valence-corrected chi connectivity index (χ0v) is 15.1. The van der Waals surface area contributed by atoms with Gasteiger partial charge >= 0.3 is 0 Å². The monoisotopic (exact) mass is 365 g/mol. The lowest BCUT2D eigenvalue weighted by molar-refractivity contribution is -0.120. The summed E-state index contributed by atoms with van der Waals surface area (Å²) in [6.07, 6.45) is 0. The molecule has 0 aliphatic heterocycles. The third-order valence-corrected chi connectivity index (χ3v) is 4.45. The lowest BCUT2D eigenvalue weighted by atomic mass is 10.1. The van der Waals surface area contributed by atoms with Crippen LogP contribution in [0.5, 0.6) is 5.75 Å². The topological polar surface area (TPSA) is 29.5 Å². The van der Waals surface area contributed by atoms with Gasteiger partial charge in [-0.1, -0.05) is 60.7 Å². The highest BCUT2D eigenvalue weighted by atomic mass is 35.5. The molecule has 3 rings (SSSR count). The molecule has 132 valence electrons. The Kier molecular flexibility index (Phi) is 6.29. The summed E-state index contributed by atoms with van der Waals surface area (Å²) in [6.45, 7) is 1.97. The number of carbonyl (C=O) groups excluding carboxylic acids is 1. The van der Waals surface area contributed by atoms with Crippen LogP contribution in [0.4, 0.5) is 5.69 Å². The Hall–Kier alpha value is -2.78. The predicted molar refractivity (Wildman–Crippen MR) is 105 cm³/mol. The zero-order chi connectivity index (χ0) is 18.2. The molecule has 0 bridgehead atoms. The van der Waals surface area contributed by atoms with Gasteiger partial charge in [-0.15, -0.1) is 11.6 Å². The molecule has 0 atom stereocenters. The van der Waals surface area contributed by atoms with Crippen LogP contribution in [0.1, 0.15) is 16.7 Å². The van der Waals surface area contributed by atoms with Gasteiger partial charge in [-0.25, -0.2) is 0 Å². The summed E-state index contributed by atoms with van der Waals surface area (Å²) < 4.78 is 5.02. The maximum absolute atomic E-state index is 10.7. The molecule has 0 heterocycles. The first-order chi connectivity index (χ1) is 12.8. The van der Waals surface area contributed by atoms with Gasteiger partial charge in [0.1, 0.15) is 5.75 Å². The van der Waals surface area contributed by atoms with E-state index >= 15 is 0 Å². The van der Waals surface area contributed by atoms with E-state index in [1.54, 1.807) is 6.07 Å². The molecule has 0 saturated carbocycles. The highest BCUT2D eigenvalue weighted by Crippen LogP contribution is 2.28. The molecule has 0 aliphatic rings. The number of rotatable bonds is 8. The van der Waals surface area contributed by atoms with E-state index in [0.29, 0.717) is 12.2 Å². The lowest BCUT2D eigenvalue weighted by Gasteiger charge is -2.26. The highest BCUT2D eigenvalue weighted by Gasteiger charge is 2.12. The van der Waals surface area contributed by atoms with Crippen LogP contribution < -0.4 is 9.64 Å². The standard InChI is InChI=1S/C22H20ClNO2/c23-14-20-13-21(11-12-22(20)26-17-25)24(15-18-7-3-1-4-8-18)16-19-9-5-2-6-10-19/h1-13,17H,14-16H2. The lowest BCUT2D eigenvalue weighted by Crippen LogP contribution is -2.22. The third-order valence-electron chi connectivity index (χ3n) is 4.16. The normalized spacial score (nSPS) is 10.3. The number of benzene rings is 3. The highest BCUT2D eigenvalue weighted by molar-refractivity contribution is 6.17. The summed E-state index contributed by atoms with van der Waals surface area (Å²) in [7, 11) is 0. The Bertz CT molecular complexity index is 796. The molecule has 3 nitrogen and oxygen atoms in total. The fourth-order valence-corrected chi connectivity index (χ4v) is 3.09. The van der Waals surface area contributed by atoms with E-state index in [4.69, 9.17) is 16.3 Å². The molecule has 0 aliphatic carbocycles. The van der Waals surface area contributed by atoms with Gasteiger partial charge in [0.05, 0.1) is 5.88 Å². The summed E-state index contributed by atoms with van der Waals surface area (Å²) in [5.74, 6) is 0.778. The quantitative estimate of drug-likeness (QED) is 0.407. The maximum atomic E-state index is 10.7. The fraction of sp³-hybridized carbons (Fsp3) is 0.136. The van der Waals surface area contributed by atoms with Crippen LogP contribution in [0, 0.1) is 0 Å². The summed E-state index contributed by atoms with van der Waals surface area (Å²) in [6, 6.07) is 26.4. The smallest absolute Gasteiger partial charge is 0.298 e. The van der Waals surface area contributed by atoms with Crippen molar-refractivity contribution >= 4 is 23.8 Å². The molecule has 0 fully saturated rings. The van der Waals surface area contributed by atoms with Crippen molar-refractivity contribution in [2.24, 2.45) is 0 Å². The van der Waals surface area contributed by atoms with Crippen molar-refractivity contribution in [1.29, 1.82) is 0 Å². The largest absolute Gasteiger partial charge is 0.428 e. The summed E-state index contributed by atoms with van der Waals surface area (Å²) in [5.41, 5.74) is 4.28. The minimum absolute atomic E-state index is 0.279. The number of anilines is 1. The van der Waals surface area contributed by atoms with Crippen molar-refractivity contribution in [1.82, 2.24) is 0 Å². The van der Waals surface area contributed by atoms with Gasteiger partial charge in [-0.05, 0) is 29.3 Å².